The number of rotatable bonds is 4. The molecule has 0 radical (unpaired) electrons. The normalized spacial score (nSPS) is 11.4. The van der Waals surface area contributed by atoms with E-state index in [1.807, 2.05) is 127 Å². The summed E-state index contributed by atoms with van der Waals surface area (Å²) < 4.78 is 7.62. The highest BCUT2D eigenvalue weighted by atomic mass is 16.4. The lowest BCUT2D eigenvalue weighted by atomic mass is 10.0. The van der Waals surface area contributed by atoms with Crippen molar-refractivity contribution in [2.45, 2.75) is 0 Å². The molecule has 5 aromatic carbocycles. The second kappa shape index (κ2) is 9.60. The molecule has 0 atom stereocenters. The molecule has 0 saturated carbocycles. The summed E-state index contributed by atoms with van der Waals surface area (Å²) in [5.74, 6) is 2.10. The van der Waals surface area contributed by atoms with Crippen LogP contribution in [-0.2, 0) is 0 Å². The molecule has 0 unspecified atom stereocenters. The highest BCUT2D eigenvalue weighted by Gasteiger charge is 2.15. The second-order valence-corrected chi connectivity index (χ2v) is 9.95. The molecule has 198 valence electrons. The second-order valence-electron chi connectivity index (χ2n) is 9.95. The molecule has 0 spiro atoms. The molecule has 7 heteroatoms. The van der Waals surface area contributed by atoms with Crippen molar-refractivity contribution in [1.82, 2.24) is 24.3 Å². The van der Waals surface area contributed by atoms with Gasteiger partial charge in [0.25, 0.3) is 5.56 Å². The van der Waals surface area contributed by atoms with Crippen LogP contribution in [0.3, 0.4) is 0 Å². The van der Waals surface area contributed by atoms with Gasteiger partial charge in [0.1, 0.15) is 5.58 Å². The number of hydrogen-bond donors (Lipinski definition) is 0. The van der Waals surface area contributed by atoms with Gasteiger partial charge in [-0.15, -0.1) is 0 Å². The van der Waals surface area contributed by atoms with Crippen LogP contribution < -0.4 is 5.56 Å². The Balaban J connectivity index is 1.20. The molecule has 0 aliphatic carbocycles. The molecule has 0 aliphatic heterocycles. The Bertz CT molecular complexity index is 2250. The van der Waals surface area contributed by atoms with E-state index in [1.54, 1.807) is 0 Å². The third kappa shape index (κ3) is 4.03. The van der Waals surface area contributed by atoms with Gasteiger partial charge in [-0.2, -0.15) is 4.98 Å². The fourth-order valence-electron chi connectivity index (χ4n) is 5.20. The van der Waals surface area contributed by atoms with E-state index in [1.165, 1.54) is 4.40 Å². The minimum atomic E-state index is -0.153. The number of imidazole rings is 1. The van der Waals surface area contributed by atoms with Gasteiger partial charge in [0.05, 0.1) is 16.4 Å². The van der Waals surface area contributed by atoms with Gasteiger partial charge in [-0.25, -0.2) is 19.4 Å². The average molecular weight is 544 g/mol. The van der Waals surface area contributed by atoms with Crippen LogP contribution in [0.5, 0.6) is 0 Å². The van der Waals surface area contributed by atoms with Crippen molar-refractivity contribution in [3.05, 3.63) is 138 Å². The largest absolute Gasteiger partial charge is 0.424 e. The van der Waals surface area contributed by atoms with E-state index in [-0.39, 0.29) is 11.4 Å². The highest BCUT2D eigenvalue weighted by molar-refractivity contribution is 5.86. The summed E-state index contributed by atoms with van der Waals surface area (Å²) in [6.07, 6.45) is 0. The Morgan fingerprint density at radius 2 is 1.02 bits per heavy atom. The fourth-order valence-corrected chi connectivity index (χ4v) is 5.20. The Kier molecular flexibility index (Phi) is 5.46. The number of aromatic nitrogens is 5. The third-order valence-electron chi connectivity index (χ3n) is 7.32. The zero-order valence-electron chi connectivity index (χ0n) is 22.2. The lowest BCUT2D eigenvalue weighted by Gasteiger charge is -2.09. The highest BCUT2D eigenvalue weighted by Crippen LogP contribution is 2.29. The molecular formula is C35H21N5O2. The van der Waals surface area contributed by atoms with E-state index < -0.39 is 0 Å². The summed E-state index contributed by atoms with van der Waals surface area (Å²) in [4.78, 5) is 32.2. The molecule has 0 N–H and O–H groups in total. The molecular weight excluding hydrogens is 522 g/mol. The van der Waals surface area contributed by atoms with E-state index in [9.17, 15) is 4.79 Å². The molecule has 0 aliphatic rings. The van der Waals surface area contributed by atoms with Crippen molar-refractivity contribution in [3.63, 3.8) is 0 Å². The van der Waals surface area contributed by atoms with Gasteiger partial charge in [0, 0.05) is 16.7 Å². The first-order valence-electron chi connectivity index (χ1n) is 13.5. The zero-order valence-corrected chi connectivity index (χ0v) is 22.2. The zero-order chi connectivity index (χ0) is 28.0. The Labute approximate surface area is 239 Å². The Morgan fingerprint density at radius 1 is 0.500 bits per heavy atom. The van der Waals surface area contributed by atoms with Gasteiger partial charge < -0.3 is 4.42 Å². The van der Waals surface area contributed by atoms with Gasteiger partial charge in [-0.05, 0) is 35.4 Å². The van der Waals surface area contributed by atoms with E-state index in [2.05, 4.69) is 4.98 Å². The summed E-state index contributed by atoms with van der Waals surface area (Å²) in [5.41, 5.74) is 6.39. The number of para-hydroxylation sites is 2. The van der Waals surface area contributed by atoms with Gasteiger partial charge in [0.15, 0.2) is 17.5 Å². The van der Waals surface area contributed by atoms with Crippen LogP contribution in [0.25, 0.3) is 73.1 Å². The molecule has 3 heterocycles. The molecule has 0 fully saturated rings. The Morgan fingerprint density at radius 3 is 1.67 bits per heavy atom. The average Bonchev–Trinajstić information content (AvgIpc) is 3.44. The number of fused-ring (bicyclic) bond motifs is 4. The summed E-state index contributed by atoms with van der Waals surface area (Å²) in [7, 11) is 0. The van der Waals surface area contributed by atoms with Gasteiger partial charge in [-0.3, -0.25) is 4.79 Å². The van der Waals surface area contributed by atoms with E-state index in [0.717, 1.165) is 33.3 Å². The number of nitrogens with zero attached hydrogens (tertiary/aromatic N) is 5. The number of benzene rings is 5. The minimum Gasteiger partial charge on any atom is -0.424 e. The maximum atomic E-state index is 13.3. The molecule has 8 aromatic rings. The first kappa shape index (κ1) is 23.9. The summed E-state index contributed by atoms with van der Waals surface area (Å²) in [6.45, 7) is 0. The maximum Gasteiger partial charge on any atom is 0.310 e. The minimum absolute atomic E-state index is 0.153. The summed E-state index contributed by atoms with van der Waals surface area (Å²) in [6, 6.07) is 41.0. The molecule has 42 heavy (non-hydrogen) atoms. The molecule has 0 bridgehead atoms. The first-order valence-corrected chi connectivity index (χ1v) is 13.5. The summed E-state index contributed by atoms with van der Waals surface area (Å²) >= 11 is 0. The lowest BCUT2D eigenvalue weighted by molar-refractivity contribution is 0.617. The third-order valence-corrected chi connectivity index (χ3v) is 7.32. The Hall–Kier alpha value is -5.95. The van der Waals surface area contributed by atoms with Crippen LogP contribution in [0.15, 0.2) is 137 Å². The van der Waals surface area contributed by atoms with E-state index in [0.29, 0.717) is 34.0 Å². The molecule has 0 amide bonds. The van der Waals surface area contributed by atoms with Gasteiger partial charge in [0.2, 0.25) is 0 Å². The number of hydrogen-bond acceptors (Lipinski definition) is 6. The van der Waals surface area contributed by atoms with Crippen molar-refractivity contribution < 1.29 is 4.42 Å². The molecule has 3 aromatic heterocycles. The molecule has 8 rings (SSSR count). The predicted molar refractivity (Wildman–Crippen MR) is 164 cm³/mol. The monoisotopic (exact) mass is 543 g/mol. The van der Waals surface area contributed by atoms with Crippen LogP contribution in [0.4, 0.5) is 0 Å². The lowest BCUT2D eigenvalue weighted by Crippen LogP contribution is -2.12. The topological polar surface area (TPSA) is 86.2 Å². The first-order chi connectivity index (χ1) is 20.7. The smallest absolute Gasteiger partial charge is 0.310 e. The van der Waals surface area contributed by atoms with Crippen LogP contribution in [0.2, 0.25) is 0 Å². The van der Waals surface area contributed by atoms with Crippen LogP contribution in [0, 0.1) is 0 Å². The van der Waals surface area contributed by atoms with Crippen LogP contribution in [-0.4, -0.2) is 24.3 Å². The van der Waals surface area contributed by atoms with Crippen molar-refractivity contribution in [1.29, 1.82) is 0 Å². The van der Waals surface area contributed by atoms with Crippen molar-refractivity contribution in [3.8, 4) is 45.3 Å². The van der Waals surface area contributed by atoms with Crippen LogP contribution >= 0.6 is 0 Å². The van der Waals surface area contributed by atoms with Crippen molar-refractivity contribution >= 4 is 27.8 Å². The van der Waals surface area contributed by atoms with E-state index >= 15 is 0 Å². The van der Waals surface area contributed by atoms with Crippen LogP contribution in [0.1, 0.15) is 0 Å². The quantitative estimate of drug-likeness (QED) is 0.229. The van der Waals surface area contributed by atoms with Gasteiger partial charge in [-0.1, -0.05) is 103 Å². The molecule has 0 saturated heterocycles. The van der Waals surface area contributed by atoms with Crippen molar-refractivity contribution in [2.24, 2.45) is 0 Å². The van der Waals surface area contributed by atoms with E-state index in [4.69, 9.17) is 19.4 Å². The summed E-state index contributed by atoms with van der Waals surface area (Å²) in [5, 5.41) is 0.498. The molecule has 7 nitrogen and oxygen atoms in total. The fraction of sp³-hybridized carbons (Fsp3) is 0. The standard InChI is InChI=1S/C35H21N5O2/c41-34-27-20-19-26(21-30(27)42-35-36-28-13-7-8-14-29(28)40(34)35)22-15-17-25(18-16-22)33-38-31(23-9-3-1-4-10-23)37-32(39-33)24-11-5-2-6-12-24/h1-21H. The SMILES string of the molecule is O=c1c2ccc(-c3ccc(-c4nc(-c5ccccc5)nc(-c5ccccc5)n4)cc3)cc2oc2nc3ccccc3n12. The van der Waals surface area contributed by atoms with Gasteiger partial charge >= 0.3 is 5.84 Å². The predicted octanol–water partition coefficient (Wildman–Crippen LogP) is 7.45. The van der Waals surface area contributed by atoms with Crippen molar-refractivity contribution in [2.75, 3.05) is 0 Å². The maximum absolute atomic E-state index is 13.3.